The SMILES string of the molecule is CCOCCOCC(=O)N(Cc1nccs1)C1CC12CCNCC2. The lowest BCUT2D eigenvalue weighted by atomic mass is 9.93. The van der Waals surface area contributed by atoms with E-state index in [4.69, 9.17) is 9.47 Å². The first-order valence-electron chi connectivity index (χ1n) is 8.79. The lowest BCUT2D eigenvalue weighted by molar-refractivity contribution is -0.138. The van der Waals surface area contributed by atoms with Crippen molar-refractivity contribution in [3.05, 3.63) is 16.6 Å². The molecule has 1 amide bonds. The van der Waals surface area contributed by atoms with Gasteiger partial charge in [0.15, 0.2) is 0 Å². The normalized spacial score (nSPS) is 21.8. The van der Waals surface area contributed by atoms with Gasteiger partial charge in [-0.05, 0) is 44.7 Å². The molecule has 0 aromatic carbocycles. The molecule has 1 spiro atoms. The number of nitrogens with zero attached hydrogens (tertiary/aromatic N) is 2. The minimum atomic E-state index is 0.0714. The molecule has 6 nitrogen and oxygen atoms in total. The molecule has 1 aromatic rings. The van der Waals surface area contributed by atoms with Crippen LogP contribution in [0, 0.1) is 5.41 Å². The molecule has 134 valence electrons. The first-order chi connectivity index (χ1) is 11.7. The zero-order valence-electron chi connectivity index (χ0n) is 14.3. The summed E-state index contributed by atoms with van der Waals surface area (Å²) in [6.45, 7) is 6.47. The lowest BCUT2D eigenvalue weighted by Crippen LogP contribution is -2.40. The molecule has 1 saturated carbocycles. The number of nitrogens with one attached hydrogen (secondary N) is 1. The van der Waals surface area contributed by atoms with Crippen molar-refractivity contribution in [3.63, 3.8) is 0 Å². The van der Waals surface area contributed by atoms with Gasteiger partial charge in [0.2, 0.25) is 5.91 Å². The van der Waals surface area contributed by atoms with Gasteiger partial charge in [-0.25, -0.2) is 4.98 Å². The molecule has 0 radical (unpaired) electrons. The van der Waals surface area contributed by atoms with Crippen molar-refractivity contribution in [2.75, 3.05) is 39.5 Å². The van der Waals surface area contributed by atoms with Gasteiger partial charge in [0.25, 0.3) is 0 Å². The number of aromatic nitrogens is 1. The summed E-state index contributed by atoms with van der Waals surface area (Å²) in [4.78, 5) is 19.1. The van der Waals surface area contributed by atoms with Crippen LogP contribution in [0.3, 0.4) is 0 Å². The van der Waals surface area contributed by atoms with E-state index in [9.17, 15) is 4.79 Å². The predicted molar refractivity (Wildman–Crippen MR) is 92.9 cm³/mol. The predicted octanol–water partition coefficient (Wildman–Crippen LogP) is 1.67. The minimum absolute atomic E-state index is 0.0714. The Labute approximate surface area is 147 Å². The van der Waals surface area contributed by atoms with Gasteiger partial charge in [-0.15, -0.1) is 11.3 Å². The van der Waals surface area contributed by atoms with Gasteiger partial charge in [0.05, 0.1) is 19.8 Å². The molecule has 1 atom stereocenters. The molecule has 24 heavy (non-hydrogen) atoms. The van der Waals surface area contributed by atoms with Crippen molar-refractivity contribution in [2.24, 2.45) is 5.41 Å². The Balaban J connectivity index is 1.57. The number of ether oxygens (including phenoxy) is 2. The lowest BCUT2D eigenvalue weighted by Gasteiger charge is -2.29. The first kappa shape index (κ1) is 17.8. The Kier molecular flexibility index (Phi) is 6.21. The molecule has 2 aliphatic rings. The van der Waals surface area contributed by atoms with E-state index in [-0.39, 0.29) is 12.5 Å². The van der Waals surface area contributed by atoms with Crippen LogP contribution in [0.2, 0.25) is 0 Å². The molecule has 2 heterocycles. The summed E-state index contributed by atoms with van der Waals surface area (Å²) in [7, 11) is 0. The van der Waals surface area contributed by atoms with E-state index in [0.29, 0.717) is 37.8 Å². The summed E-state index contributed by atoms with van der Waals surface area (Å²) >= 11 is 1.61. The Morgan fingerprint density at radius 3 is 2.92 bits per heavy atom. The van der Waals surface area contributed by atoms with Crippen LogP contribution < -0.4 is 5.32 Å². The van der Waals surface area contributed by atoms with Crippen molar-refractivity contribution in [3.8, 4) is 0 Å². The van der Waals surface area contributed by atoms with Crippen molar-refractivity contribution < 1.29 is 14.3 Å². The highest BCUT2D eigenvalue weighted by Crippen LogP contribution is 2.56. The summed E-state index contributed by atoms with van der Waals surface area (Å²) < 4.78 is 10.8. The van der Waals surface area contributed by atoms with Crippen LogP contribution in [0.1, 0.15) is 31.2 Å². The van der Waals surface area contributed by atoms with E-state index in [0.717, 1.165) is 37.4 Å². The molecule has 1 aliphatic carbocycles. The zero-order chi connectivity index (χ0) is 16.8. The maximum Gasteiger partial charge on any atom is 0.249 e. The monoisotopic (exact) mass is 353 g/mol. The molecular weight excluding hydrogens is 326 g/mol. The van der Waals surface area contributed by atoms with Crippen LogP contribution in [-0.4, -0.2) is 61.3 Å². The summed E-state index contributed by atoms with van der Waals surface area (Å²) in [6.07, 6.45) is 5.23. The van der Waals surface area contributed by atoms with Crippen LogP contribution in [0.25, 0.3) is 0 Å². The van der Waals surface area contributed by atoms with Gasteiger partial charge in [-0.1, -0.05) is 0 Å². The molecule has 2 fully saturated rings. The second-order valence-corrected chi connectivity index (χ2v) is 7.51. The van der Waals surface area contributed by atoms with Gasteiger partial charge in [0.1, 0.15) is 11.6 Å². The van der Waals surface area contributed by atoms with Crippen LogP contribution in [-0.2, 0) is 20.8 Å². The number of carbonyl (C=O) groups is 1. The summed E-state index contributed by atoms with van der Waals surface area (Å²) in [5, 5.41) is 6.37. The third-order valence-electron chi connectivity index (χ3n) is 5.03. The highest BCUT2D eigenvalue weighted by Gasteiger charge is 2.57. The number of amides is 1. The van der Waals surface area contributed by atoms with E-state index < -0.39 is 0 Å². The fourth-order valence-electron chi connectivity index (χ4n) is 3.58. The average molecular weight is 353 g/mol. The minimum Gasteiger partial charge on any atom is -0.379 e. The average Bonchev–Trinajstić information content (AvgIpc) is 3.03. The molecule has 0 bridgehead atoms. The third-order valence-corrected chi connectivity index (χ3v) is 5.80. The van der Waals surface area contributed by atoms with Crippen LogP contribution in [0.15, 0.2) is 11.6 Å². The highest BCUT2D eigenvalue weighted by molar-refractivity contribution is 7.09. The number of thiazole rings is 1. The molecule has 1 N–H and O–H groups in total. The maximum absolute atomic E-state index is 12.7. The van der Waals surface area contributed by atoms with E-state index >= 15 is 0 Å². The van der Waals surface area contributed by atoms with Crippen LogP contribution >= 0.6 is 11.3 Å². The molecule has 1 aromatic heterocycles. The molecule has 1 aliphatic heterocycles. The van der Waals surface area contributed by atoms with E-state index in [2.05, 4.69) is 10.3 Å². The molecular formula is C17H27N3O3S. The molecule has 7 heteroatoms. The topological polar surface area (TPSA) is 63.7 Å². The van der Waals surface area contributed by atoms with E-state index in [1.54, 1.807) is 17.5 Å². The van der Waals surface area contributed by atoms with Crippen molar-refractivity contribution in [1.82, 2.24) is 15.2 Å². The van der Waals surface area contributed by atoms with Gasteiger partial charge in [0, 0.05) is 24.2 Å². The van der Waals surface area contributed by atoms with Crippen molar-refractivity contribution >= 4 is 17.2 Å². The maximum atomic E-state index is 12.7. The second kappa shape index (κ2) is 8.38. The summed E-state index contributed by atoms with van der Waals surface area (Å²) in [5.41, 5.74) is 0.323. The quantitative estimate of drug-likeness (QED) is 0.684. The zero-order valence-corrected chi connectivity index (χ0v) is 15.1. The number of carbonyl (C=O) groups excluding carboxylic acids is 1. The fourth-order valence-corrected chi connectivity index (χ4v) is 4.20. The Morgan fingerprint density at radius 1 is 1.42 bits per heavy atom. The second-order valence-electron chi connectivity index (χ2n) is 6.53. The number of piperidine rings is 1. The standard InChI is InChI=1S/C17H27N3O3S/c1-2-22-8-9-23-13-16(21)20(12-15-19-7-10-24-15)14-11-17(14)3-5-18-6-4-17/h7,10,14,18H,2-6,8-9,11-13H2,1H3. The molecule has 1 saturated heterocycles. The first-order valence-corrected chi connectivity index (χ1v) is 9.67. The Bertz CT molecular complexity index is 517. The van der Waals surface area contributed by atoms with Gasteiger partial charge >= 0.3 is 0 Å². The third kappa shape index (κ3) is 4.33. The van der Waals surface area contributed by atoms with Crippen LogP contribution in [0.5, 0.6) is 0 Å². The van der Waals surface area contributed by atoms with Crippen LogP contribution in [0.4, 0.5) is 0 Å². The molecule has 3 rings (SSSR count). The van der Waals surface area contributed by atoms with Crippen molar-refractivity contribution in [2.45, 2.75) is 38.8 Å². The molecule has 1 unspecified atom stereocenters. The smallest absolute Gasteiger partial charge is 0.249 e. The Hall–Kier alpha value is -1.02. The van der Waals surface area contributed by atoms with E-state index in [1.165, 1.54) is 0 Å². The largest absolute Gasteiger partial charge is 0.379 e. The fraction of sp³-hybridized carbons (Fsp3) is 0.765. The number of hydrogen-bond acceptors (Lipinski definition) is 6. The number of hydrogen-bond donors (Lipinski definition) is 1. The van der Waals surface area contributed by atoms with Gasteiger partial charge in [-0.3, -0.25) is 4.79 Å². The summed E-state index contributed by atoms with van der Waals surface area (Å²) in [6, 6.07) is 0.339. The highest BCUT2D eigenvalue weighted by atomic mass is 32.1. The van der Waals surface area contributed by atoms with Crippen molar-refractivity contribution in [1.29, 1.82) is 0 Å². The Morgan fingerprint density at radius 2 is 2.21 bits per heavy atom. The van der Waals surface area contributed by atoms with Gasteiger partial charge in [-0.2, -0.15) is 0 Å². The van der Waals surface area contributed by atoms with E-state index in [1.807, 2.05) is 17.2 Å². The van der Waals surface area contributed by atoms with Gasteiger partial charge < -0.3 is 19.7 Å². The summed E-state index contributed by atoms with van der Waals surface area (Å²) in [5.74, 6) is 0.0714. The number of rotatable bonds is 9.